The third-order valence-corrected chi connectivity index (χ3v) is 3.62. The lowest BCUT2D eigenvalue weighted by Crippen LogP contribution is -2.35. The number of carbonyl (C=O) groups excluding carboxylic acids is 2. The van der Waals surface area contributed by atoms with Gasteiger partial charge in [-0.1, -0.05) is 12.1 Å². The molecule has 0 aromatic heterocycles. The third-order valence-electron chi connectivity index (χ3n) is 3.62. The summed E-state index contributed by atoms with van der Waals surface area (Å²) in [7, 11) is 1.30. The molecule has 0 radical (unpaired) electrons. The van der Waals surface area contributed by atoms with E-state index in [1.807, 2.05) is 0 Å². The quantitative estimate of drug-likeness (QED) is 0.415. The summed E-state index contributed by atoms with van der Waals surface area (Å²) < 4.78 is 17.9. The zero-order valence-corrected chi connectivity index (χ0v) is 14.5. The van der Waals surface area contributed by atoms with Gasteiger partial charge in [-0.05, 0) is 29.8 Å². The number of ether oxygens (including phenoxy) is 1. The molecule has 2 amide bonds. The first-order valence-corrected chi connectivity index (χ1v) is 8.02. The van der Waals surface area contributed by atoms with Crippen LogP contribution in [-0.2, 0) is 11.2 Å². The molecule has 2 aromatic rings. The monoisotopic (exact) mass is 375 g/mol. The van der Waals surface area contributed by atoms with Gasteiger partial charge in [0, 0.05) is 24.7 Å². The summed E-state index contributed by atoms with van der Waals surface area (Å²) in [6.07, 6.45) is 0.0242. The van der Waals surface area contributed by atoms with Gasteiger partial charge in [-0.15, -0.1) is 0 Å². The SMILES string of the molecule is COc1ccc(C(=O)NCCNC(=O)Cc2cccc(F)c2)cc1[N+](=O)[O-]. The summed E-state index contributed by atoms with van der Waals surface area (Å²) in [6.45, 7) is 0.297. The lowest BCUT2D eigenvalue weighted by Gasteiger charge is -2.08. The Hall–Kier alpha value is -3.49. The van der Waals surface area contributed by atoms with Gasteiger partial charge in [0.25, 0.3) is 5.91 Å². The number of rotatable bonds is 8. The van der Waals surface area contributed by atoms with Crippen molar-refractivity contribution in [3.8, 4) is 5.75 Å². The summed E-state index contributed by atoms with van der Waals surface area (Å²) in [6, 6.07) is 9.60. The Kier molecular flexibility index (Phi) is 6.81. The number of hydrogen-bond donors (Lipinski definition) is 2. The Bertz CT molecular complexity index is 857. The zero-order chi connectivity index (χ0) is 19.8. The maximum atomic E-state index is 13.1. The normalized spacial score (nSPS) is 10.1. The van der Waals surface area contributed by atoms with Crippen LogP contribution in [0, 0.1) is 15.9 Å². The fraction of sp³-hybridized carbons (Fsp3) is 0.222. The molecule has 0 bridgehead atoms. The van der Waals surface area contributed by atoms with Crippen molar-refractivity contribution >= 4 is 17.5 Å². The van der Waals surface area contributed by atoms with Crippen LogP contribution in [0.2, 0.25) is 0 Å². The molecule has 0 spiro atoms. The summed E-state index contributed by atoms with van der Waals surface area (Å²) >= 11 is 0. The van der Waals surface area contributed by atoms with E-state index < -0.39 is 16.6 Å². The van der Waals surface area contributed by atoms with Gasteiger partial charge in [0.05, 0.1) is 18.5 Å². The van der Waals surface area contributed by atoms with E-state index in [4.69, 9.17) is 4.74 Å². The average molecular weight is 375 g/mol. The Balaban J connectivity index is 1.81. The van der Waals surface area contributed by atoms with E-state index in [0.29, 0.717) is 5.56 Å². The molecule has 0 fully saturated rings. The highest BCUT2D eigenvalue weighted by molar-refractivity contribution is 5.95. The van der Waals surface area contributed by atoms with Crippen LogP contribution in [0.4, 0.5) is 10.1 Å². The Morgan fingerprint density at radius 3 is 2.56 bits per heavy atom. The van der Waals surface area contributed by atoms with E-state index in [0.717, 1.165) is 6.07 Å². The molecule has 2 rings (SSSR count). The fourth-order valence-electron chi connectivity index (χ4n) is 2.35. The van der Waals surface area contributed by atoms with E-state index in [9.17, 15) is 24.1 Å². The number of nitrogens with zero attached hydrogens (tertiary/aromatic N) is 1. The molecule has 0 unspecified atom stereocenters. The smallest absolute Gasteiger partial charge is 0.311 e. The molecule has 27 heavy (non-hydrogen) atoms. The van der Waals surface area contributed by atoms with Gasteiger partial charge < -0.3 is 15.4 Å². The fourth-order valence-corrected chi connectivity index (χ4v) is 2.35. The number of nitro benzene ring substituents is 1. The molecule has 8 nitrogen and oxygen atoms in total. The van der Waals surface area contributed by atoms with Crippen molar-refractivity contribution in [2.24, 2.45) is 0 Å². The summed E-state index contributed by atoms with van der Waals surface area (Å²) in [5.41, 5.74) is 0.337. The van der Waals surface area contributed by atoms with E-state index in [2.05, 4.69) is 10.6 Å². The molecule has 142 valence electrons. The van der Waals surface area contributed by atoms with Crippen molar-refractivity contribution in [2.45, 2.75) is 6.42 Å². The van der Waals surface area contributed by atoms with E-state index >= 15 is 0 Å². The van der Waals surface area contributed by atoms with Crippen molar-refractivity contribution in [3.63, 3.8) is 0 Å². The second-order valence-corrected chi connectivity index (χ2v) is 5.56. The van der Waals surface area contributed by atoms with Crippen LogP contribution < -0.4 is 15.4 Å². The lowest BCUT2D eigenvalue weighted by atomic mass is 10.1. The minimum atomic E-state index is -0.637. The van der Waals surface area contributed by atoms with Crippen molar-refractivity contribution in [2.75, 3.05) is 20.2 Å². The predicted molar refractivity (Wildman–Crippen MR) is 95.1 cm³/mol. The third kappa shape index (κ3) is 5.77. The number of halogens is 1. The van der Waals surface area contributed by atoms with Crippen LogP contribution in [0.5, 0.6) is 5.75 Å². The summed E-state index contributed by atoms with van der Waals surface area (Å²) in [5.74, 6) is -1.18. The molecular formula is C18H18FN3O5. The lowest BCUT2D eigenvalue weighted by molar-refractivity contribution is -0.385. The maximum Gasteiger partial charge on any atom is 0.311 e. The highest BCUT2D eigenvalue weighted by Gasteiger charge is 2.18. The van der Waals surface area contributed by atoms with Crippen LogP contribution >= 0.6 is 0 Å². The van der Waals surface area contributed by atoms with Crippen molar-refractivity contribution in [3.05, 3.63) is 69.5 Å². The topological polar surface area (TPSA) is 111 Å². The van der Waals surface area contributed by atoms with Crippen LogP contribution in [0.25, 0.3) is 0 Å². The Morgan fingerprint density at radius 2 is 1.89 bits per heavy atom. The van der Waals surface area contributed by atoms with Gasteiger partial charge in [-0.3, -0.25) is 19.7 Å². The number of nitro groups is 1. The average Bonchev–Trinajstić information content (AvgIpc) is 2.64. The first kappa shape index (κ1) is 19.8. The van der Waals surface area contributed by atoms with Crippen LogP contribution in [0.15, 0.2) is 42.5 Å². The number of hydrogen-bond acceptors (Lipinski definition) is 5. The van der Waals surface area contributed by atoms with Gasteiger partial charge in [0.15, 0.2) is 5.75 Å². The van der Waals surface area contributed by atoms with Gasteiger partial charge in [0.2, 0.25) is 5.91 Å². The standard InChI is InChI=1S/C18H18FN3O5/c1-27-16-6-5-13(11-15(16)22(25)26)18(24)21-8-7-20-17(23)10-12-3-2-4-14(19)9-12/h2-6,9,11H,7-8,10H2,1H3,(H,20,23)(H,21,24). The molecule has 9 heteroatoms. The molecule has 0 atom stereocenters. The molecule has 2 aromatic carbocycles. The Labute approximate surface area is 154 Å². The molecule has 0 saturated heterocycles. The van der Waals surface area contributed by atoms with Crippen molar-refractivity contribution < 1.29 is 23.6 Å². The molecule has 2 N–H and O–H groups in total. The first-order chi connectivity index (χ1) is 12.9. The number of carbonyl (C=O) groups is 2. The van der Waals surface area contributed by atoms with Crippen molar-refractivity contribution in [1.29, 1.82) is 0 Å². The van der Waals surface area contributed by atoms with Crippen molar-refractivity contribution in [1.82, 2.24) is 10.6 Å². The van der Waals surface area contributed by atoms with Gasteiger partial charge >= 0.3 is 5.69 Å². The van der Waals surface area contributed by atoms with Gasteiger partial charge in [-0.25, -0.2) is 4.39 Å². The Morgan fingerprint density at radius 1 is 1.15 bits per heavy atom. The second kappa shape index (κ2) is 9.27. The van der Waals surface area contributed by atoms with Gasteiger partial charge in [0.1, 0.15) is 5.82 Å². The number of nitrogens with one attached hydrogen (secondary N) is 2. The zero-order valence-electron chi connectivity index (χ0n) is 14.5. The largest absolute Gasteiger partial charge is 0.490 e. The molecule has 0 saturated carbocycles. The van der Waals surface area contributed by atoms with E-state index in [-0.39, 0.29) is 42.4 Å². The highest BCUT2D eigenvalue weighted by Crippen LogP contribution is 2.27. The van der Waals surface area contributed by atoms with Crippen LogP contribution in [-0.4, -0.2) is 36.9 Å². The van der Waals surface area contributed by atoms with E-state index in [1.165, 1.54) is 37.4 Å². The van der Waals surface area contributed by atoms with Gasteiger partial charge in [-0.2, -0.15) is 0 Å². The highest BCUT2D eigenvalue weighted by atomic mass is 19.1. The molecule has 0 aliphatic rings. The molecule has 0 heterocycles. The number of methoxy groups -OCH3 is 1. The number of benzene rings is 2. The van der Waals surface area contributed by atoms with Crippen LogP contribution in [0.1, 0.15) is 15.9 Å². The minimum absolute atomic E-state index is 0.0242. The summed E-state index contributed by atoms with van der Waals surface area (Å²) in [4.78, 5) is 34.2. The minimum Gasteiger partial charge on any atom is -0.490 e. The van der Waals surface area contributed by atoms with Crippen LogP contribution in [0.3, 0.4) is 0 Å². The molecule has 0 aliphatic carbocycles. The molecular weight excluding hydrogens is 357 g/mol. The maximum absolute atomic E-state index is 13.1. The second-order valence-electron chi connectivity index (χ2n) is 5.56. The number of amides is 2. The molecule has 0 aliphatic heterocycles. The predicted octanol–water partition coefficient (Wildman–Crippen LogP) is 1.83. The first-order valence-electron chi connectivity index (χ1n) is 8.02. The van der Waals surface area contributed by atoms with E-state index in [1.54, 1.807) is 6.07 Å². The summed E-state index contributed by atoms with van der Waals surface area (Å²) in [5, 5.41) is 16.1.